The molecule has 25 heavy (non-hydrogen) atoms. The van der Waals surface area contributed by atoms with Crippen LogP contribution in [0.4, 0.5) is 0 Å². The molecule has 1 aliphatic heterocycles. The number of benzene rings is 1. The highest BCUT2D eigenvalue weighted by molar-refractivity contribution is 7.89. The van der Waals surface area contributed by atoms with Crippen LogP contribution in [0.25, 0.3) is 0 Å². The molecule has 1 N–H and O–H groups in total. The Hall–Kier alpha value is -1.41. The lowest BCUT2D eigenvalue weighted by Gasteiger charge is -2.26. The first-order valence-corrected chi connectivity index (χ1v) is 11.0. The summed E-state index contributed by atoms with van der Waals surface area (Å²) in [7, 11) is -3.54. The third-order valence-electron chi connectivity index (χ3n) is 4.36. The molecule has 1 saturated heterocycles. The second-order valence-electron chi connectivity index (χ2n) is 6.03. The van der Waals surface area contributed by atoms with Crippen LogP contribution in [0.1, 0.15) is 30.7 Å². The van der Waals surface area contributed by atoms with Crippen molar-refractivity contribution in [1.29, 1.82) is 0 Å². The van der Waals surface area contributed by atoms with Gasteiger partial charge in [0, 0.05) is 11.4 Å². The van der Waals surface area contributed by atoms with E-state index in [-0.39, 0.29) is 10.9 Å². The largest absolute Gasteiger partial charge is 0.494 e. The standard InChI is InChI=1S/C18H24N2O3S2/c1-2-23-15-7-9-16(10-8-15)25(21,22)19-14-17(18-6-5-13-24-18)20-11-3-4-12-20/h5-10,13,17,19H,2-4,11-12,14H2,1H3/t17-/m1/s1. The van der Waals surface area contributed by atoms with Crippen molar-refractivity contribution in [3.63, 3.8) is 0 Å². The summed E-state index contributed by atoms with van der Waals surface area (Å²) in [6.07, 6.45) is 2.35. The van der Waals surface area contributed by atoms with Crippen molar-refractivity contribution in [3.8, 4) is 5.75 Å². The number of sulfonamides is 1. The quantitative estimate of drug-likeness (QED) is 0.764. The van der Waals surface area contributed by atoms with E-state index in [1.165, 1.54) is 17.7 Å². The zero-order chi connectivity index (χ0) is 17.7. The Morgan fingerprint density at radius 2 is 1.92 bits per heavy atom. The third kappa shape index (κ3) is 4.61. The summed E-state index contributed by atoms with van der Waals surface area (Å²) < 4.78 is 33.4. The predicted octanol–water partition coefficient (Wildman–Crippen LogP) is 3.26. The SMILES string of the molecule is CCOc1ccc(S(=O)(=O)NC[C@H](c2cccs2)N2CCCC2)cc1. The van der Waals surface area contributed by atoms with E-state index in [9.17, 15) is 8.42 Å². The van der Waals surface area contributed by atoms with Crippen molar-refractivity contribution >= 4 is 21.4 Å². The Labute approximate surface area is 153 Å². The number of hydrogen-bond acceptors (Lipinski definition) is 5. The molecular weight excluding hydrogens is 356 g/mol. The minimum Gasteiger partial charge on any atom is -0.494 e. The molecule has 0 radical (unpaired) electrons. The molecule has 5 nitrogen and oxygen atoms in total. The van der Waals surface area contributed by atoms with Gasteiger partial charge in [-0.25, -0.2) is 13.1 Å². The van der Waals surface area contributed by atoms with Gasteiger partial charge in [0.25, 0.3) is 0 Å². The first-order chi connectivity index (χ1) is 12.1. The molecule has 1 atom stereocenters. The van der Waals surface area contributed by atoms with Crippen molar-refractivity contribution in [2.45, 2.75) is 30.7 Å². The van der Waals surface area contributed by atoms with Crippen molar-refractivity contribution in [3.05, 3.63) is 46.7 Å². The van der Waals surface area contributed by atoms with Crippen LogP contribution in [-0.4, -0.2) is 39.6 Å². The van der Waals surface area contributed by atoms with E-state index in [1.807, 2.05) is 18.4 Å². The number of nitrogens with zero attached hydrogens (tertiary/aromatic N) is 1. The topological polar surface area (TPSA) is 58.6 Å². The zero-order valence-electron chi connectivity index (χ0n) is 14.3. The molecule has 1 aliphatic rings. The summed E-state index contributed by atoms with van der Waals surface area (Å²) in [6.45, 7) is 4.88. The fourth-order valence-electron chi connectivity index (χ4n) is 3.10. The van der Waals surface area contributed by atoms with Gasteiger partial charge >= 0.3 is 0 Å². The number of hydrogen-bond donors (Lipinski definition) is 1. The molecule has 1 fully saturated rings. The van der Waals surface area contributed by atoms with E-state index in [1.54, 1.807) is 35.6 Å². The summed E-state index contributed by atoms with van der Waals surface area (Å²) in [4.78, 5) is 3.84. The Balaban J connectivity index is 1.70. The van der Waals surface area contributed by atoms with Gasteiger partial charge in [0.05, 0.1) is 17.5 Å². The lowest BCUT2D eigenvalue weighted by atomic mass is 10.2. The summed E-state index contributed by atoms with van der Waals surface area (Å²) in [5.41, 5.74) is 0. The Morgan fingerprint density at radius 3 is 2.52 bits per heavy atom. The fraction of sp³-hybridized carbons (Fsp3) is 0.444. The maximum Gasteiger partial charge on any atom is 0.240 e. The van der Waals surface area contributed by atoms with Crippen LogP contribution in [0.15, 0.2) is 46.7 Å². The predicted molar refractivity (Wildman–Crippen MR) is 101 cm³/mol. The van der Waals surface area contributed by atoms with Crippen LogP contribution in [0.5, 0.6) is 5.75 Å². The summed E-state index contributed by atoms with van der Waals surface area (Å²) in [5, 5.41) is 2.04. The van der Waals surface area contributed by atoms with Crippen molar-refractivity contribution in [2.75, 3.05) is 26.2 Å². The molecule has 136 valence electrons. The molecule has 2 aromatic rings. The minimum atomic E-state index is -3.54. The monoisotopic (exact) mass is 380 g/mol. The highest BCUT2D eigenvalue weighted by atomic mass is 32.2. The van der Waals surface area contributed by atoms with Gasteiger partial charge in [0.2, 0.25) is 10.0 Å². The minimum absolute atomic E-state index is 0.0972. The van der Waals surface area contributed by atoms with Gasteiger partial charge in [0.15, 0.2) is 0 Å². The summed E-state index contributed by atoms with van der Waals surface area (Å²) in [5.74, 6) is 0.676. The van der Waals surface area contributed by atoms with Gasteiger partial charge < -0.3 is 4.74 Å². The van der Waals surface area contributed by atoms with E-state index in [0.717, 1.165) is 13.1 Å². The number of thiophene rings is 1. The molecule has 0 saturated carbocycles. The zero-order valence-corrected chi connectivity index (χ0v) is 16.0. The van der Waals surface area contributed by atoms with E-state index in [4.69, 9.17) is 4.74 Å². The molecule has 3 rings (SSSR count). The molecule has 0 spiro atoms. The van der Waals surface area contributed by atoms with Crippen LogP contribution < -0.4 is 9.46 Å². The van der Waals surface area contributed by atoms with Gasteiger partial charge in [-0.05, 0) is 68.6 Å². The third-order valence-corrected chi connectivity index (χ3v) is 6.78. The number of rotatable bonds is 8. The second-order valence-corrected chi connectivity index (χ2v) is 8.78. The Bertz CT molecular complexity index is 752. The summed E-state index contributed by atoms with van der Waals surface area (Å²) >= 11 is 1.68. The highest BCUT2D eigenvalue weighted by Crippen LogP contribution is 2.28. The number of ether oxygens (including phenoxy) is 1. The lowest BCUT2D eigenvalue weighted by Crippen LogP contribution is -2.36. The smallest absolute Gasteiger partial charge is 0.240 e. The first-order valence-electron chi connectivity index (χ1n) is 8.60. The van der Waals surface area contributed by atoms with E-state index >= 15 is 0 Å². The molecular formula is C18H24N2O3S2. The maximum atomic E-state index is 12.6. The maximum absolute atomic E-state index is 12.6. The molecule has 0 bridgehead atoms. The van der Waals surface area contributed by atoms with Crippen LogP contribution in [0.3, 0.4) is 0 Å². The molecule has 0 amide bonds. The lowest BCUT2D eigenvalue weighted by molar-refractivity contribution is 0.250. The van der Waals surface area contributed by atoms with Crippen LogP contribution in [-0.2, 0) is 10.0 Å². The van der Waals surface area contributed by atoms with Gasteiger partial charge in [0.1, 0.15) is 5.75 Å². The molecule has 0 unspecified atom stereocenters. The van der Waals surface area contributed by atoms with Gasteiger partial charge in [-0.15, -0.1) is 11.3 Å². The molecule has 1 aromatic heterocycles. The normalized spacial score (nSPS) is 16.8. The first kappa shape index (κ1) is 18.4. The van der Waals surface area contributed by atoms with E-state index in [0.29, 0.717) is 18.9 Å². The highest BCUT2D eigenvalue weighted by Gasteiger charge is 2.26. The van der Waals surface area contributed by atoms with Crippen LogP contribution in [0.2, 0.25) is 0 Å². The number of nitrogens with one attached hydrogen (secondary N) is 1. The molecule has 0 aliphatic carbocycles. The van der Waals surface area contributed by atoms with Gasteiger partial charge in [-0.1, -0.05) is 6.07 Å². The van der Waals surface area contributed by atoms with Gasteiger partial charge in [-0.2, -0.15) is 0 Å². The average molecular weight is 381 g/mol. The van der Waals surface area contributed by atoms with Crippen molar-refractivity contribution < 1.29 is 13.2 Å². The molecule has 7 heteroatoms. The van der Waals surface area contributed by atoms with Crippen LogP contribution >= 0.6 is 11.3 Å². The fourth-order valence-corrected chi connectivity index (χ4v) is 5.00. The average Bonchev–Trinajstić information content (AvgIpc) is 3.30. The summed E-state index contributed by atoms with van der Waals surface area (Å²) in [6, 6.07) is 10.8. The van der Waals surface area contributed by atoms with E-state index in [2.05, 4.69) is 15.7 Å². The van der Waals surface area contributed by atoms with Crippen LogP contribution in [0, 0.1) is 0 Å². The number of likely N-dealkylation sites (tertiary alicyclic amines) is 1. The molecule has 2 heterocycles. The van der Waals surface area contributed by atoms with Crippen molar-refractivity contribution in [2.24, 2.45) is 0 Å². The Morgan fingerprint density at radius 1 is 1.20 bits per heavy atom. The second kappa shape index (κ2) is 8.31. The van der Waals surface area contributed by atoms with Crippen molar-refractivity contribution in [1.82, 2.24) is 9.62 Å². The Kier molecular flexibility index (Phi) is 6.11. The van der Waals surface area contributed by atoms with E-state index < -0.39 is 10.0 Å². The molecule has 1 aromatic carbocycles. The van der Waals surface area contributed by atoms with Gasteiger partial charge in [-0.3, -0.25) is 4.90 Å².